The Labute approximate surface area is 142 Å². The summed E-state index contributed by atoms with van der Waals surface area (Å²) in [6.45, 7) is 4.25. The van der Waals surface area contributed by atoms with Crippen LogP contribution in [0.1, 0.15) is 82.1 Å². The molecule has 0 radical (unpaired) electrons. The van der Waals surface area contributed by atoms with Crippen LogP contribution in [0.2, 0.25) is 0 Å². The van der Waals surface area contributed by atoms with Crippen molar-refractivity contribution in [1.29, 1.82) is 0 Å². The van der Waals surface area contributed by atoms with Crippen molar-refractivity contribution in [3.05, 3.63) is 9.39 Å². The average molecular weight is 405 g/mol. The molecule has 0 saturated heterocycles. The van der Waals surface area contributed by atoms with Crippen LogP contribution in [0.4, 0.5) is 0 Å². The minimum absolute atomic E-state index is 0.0512. The van der Waals surface area contributed by atoms with Gasteiger partial charge in [0, 0.05) is 13.0 Å². The highest BCUT2D eigenvalue weighted by molar-refractivity contribution is 14.1. The summed E-state index contributed by atoms with van der Waals surface area (Å²) in [7, 11) is 1.81. The molecule has 1 atom stereocenters. The molecule has 0 spiro atoms. The maximum atomic E-state index is 12.3. The second-order valence-electron chi connectivity index (χ2n) is 5.88. The van der Waals surface area contributed by atoms with E-state index in [0.717, 1.165) is 16.5 Å². The van der Waals surface area contributed by atoms with E-state index in [2.05, 4.69) is 39.8 Å². The molecular weight excluding hydrogens is 377 g/mol. The van der Waals surface area contributed by atoms with Gasteiger partial charge >= 0.3 is 0 Å². The number of aromatic nitrogens is 3. The Morgan fingerprint density at radius 3 is 2.24 bits per heavy atom. The lowest BCUT2D eigenvalue weighted by Gasteiger charge is -2.08. The molecule has 0 bridgehead atoms. The van der Waals surface area contributed by atoms with E-state index in [1.807, 2.05) is 14.0 Å². The van der Waals surface area contributed by atoms with Crippen LogP contribution in [0.3, 0.4) is 0 Å². The second-order valence-corrected chi connectivity index (χ2v) is 6.90. The molecule has 5 heteroatoms. The first-order valence-electron chi connectivity index (χ1n) is 8.17. The zero-order valence-corrected chi connectivity index (χ0v) is 15.7. The van der Waals surface area contributed by atoms with E-state index < -0.39 is 0 Å². The predicted molar refractivity (Wildman–Crippen MR) is 94.4 cm³/mol. The quantitative estimate of drug-likeness (QED) is 0.303. The highest BCUT2D eigenvalue weighted by Crippen LogP contribution is 2.18. The third-order valence-electron chi connectivity index (χ3n) is 3.93. The number of unbranched alkanes of at least 4 members (excludes halogenated alkanes) is 7. The zero-order chi connectivity index (χ0) is 15.7. The van der Waals surface area contributed by atoms with Crippen molar-refractivity contribution in [3.8, 4) is 0 Å². The van der Waals surface area contributed by atoms with Gasteiger partial charge in [-0.2, -0.15) is 0 Å². The summed E-state index contributed by atoms with van der Waals surface area (Å²) in [4.78, 5) is 12.3. The lowest BCUT2D eigenvalue weighted by atomic mass is 9.96. The normalized spacial score (nSPS) is 12.6. The molecule has 1 heterocycles. The standard InChI is InChI=1S/C16H28IN3O/c1-4-5-6-7-8-9-10-11-12-13(2)15(21)14-16(17)20(3)19-18-14/h13H,4-12H2,1-3H3. The Balaban J connectivity index is 2.17. The predicted octanol–water partition coefficient (Wildman–Crippen LogP) is 4.77. The van der Waals surface area contributed by atoms with Gasteiger partial charge in [0.05, 0.1) is 0 Å². The van der Waals surface area contributed by atoms with E-state index in [9.17, 15) is 4.79 Å². The molecular formula is C16H28IN3O. The Morgan fingerprint density at radius 1 is 1.14 bits per heavy atom. The third kappa shape index (κ3) is 6.45. The highest BCUT2D eigenvalue weighted by Gasteiger charge is 2.21. The first-order valence-corrected chi connectivity index (χ1v) is 9.25. The first kappa shape index (κ1) is 18.6. The molecule has 0 amide bonds. The van der Waals surface area contributed by atoms with Crippen LogP contribution in [0.25, 0.3) is 0 Å². The van der Waals surface area contributed by atoms with Gasteiger partial charge in [-0.25, -0.2) is 4.68 Å². The van der Waals surface area contributed by atoms with Crippen molar-refractivity contribution < 1.29 is 4.79 Å². The summed E-state index contributed by atoms with van der Waals surface area (Å²) >= 11 is 2.13. The average Bonchev–Trinajstić information content (AvgIpc) is 2.81. The summed E-state index contributed by atoms with van der Waals surface area (Å²) in [5, 5.41) is 7.88. The molecule has 0 aliphatic carbocycles. The number of ketones is 1. The van der Waals surface area contributed by atoms with Crippen molar-refractivity contribution in [2.75, 3.05) is 0 Å². The molecule has 1 rings (SSSR count). The Kier molecular flexibility index (Phi) is 9.11. The van der Waals surface area contributed by atoms with Gasteiger partial charge in [0.2, 0.25) is 0 Å². The van der Waals surface area contributed by atoms with E-state index in [0.29, 0.717) is 5.69 Å². The molecule has 0 N–H and O–H groups in total. The van der Waals surface area contributed by atoms with E-state index in [-0.39, 0.29) is 11.7 Å². The van der Waals surface area contributed by atoms with Gasteiger partial charge in [-0.1, -0.05) is 70.4 Å². The van der Waals surface area contributed by atoms with Gasteiger partial charge in [-0.3, -0.25) is 4.79 Å². The number of aryl methyl sites for hydroxylation is 1. The van der Waals surface area contributed by atoms with Crippen LogP contribution in [0, 0.1) is 9.62 Å². The van der Waals surface area contributed by atoms with Crippen LogP contribution >= 0.6 is 22.6 Å². The fourth-order valence-corrected chi connectivity index (χ4v) is 2.92. The Bertz CT molecular complexity index is 431. The highest BCUT2D eigenvalue weighted by atomic mass is 127. The van der Waals surface area contributed by atoms with Gasteiger partial charge in [0.15, 0.2) is 11.5 Å². The van der Waals surface area contributed by atoms with Gasteiger partial charge < -0.3 is 0 Å². The first-order chi connectivity index (χ1) is 10.1. The monoisotopic (exact) mass is 405 g/mol. The van der Waals surface area contributed by atoms with Crippen LogP contribution in [-0.4, -0.2) is 20.8 Å². The molecule has 0 fully saturated rings. The number of halogens is 1. The number of hydrogen-bond donors (Lipinski definition) is 0. The van der Waals surface area contributed by atoms with E-state index in [4.69, 9.17) is 0 Å². The van der Waals surface area contributed by atoms with Crippen molar-refractivity contribution >= 4 is 28.4 Å². The van der Waals surface area contributed by atoms with E-state index in [1.54, 1.807) is 4.68 Å². The lowest BCUT2D eigenvalue weighted by Crippen LogP contribution is -2.13. The Morgan fingerprint density at radius 2 is 1.71 bits per heavy atom. The van der Waals surface area contributed by atoms with Crippen LogP contribution in [0.5, 0.6) is 0 Å². The number of hydrogen-bond acceptors (Lipinski definition) is 3. The number of carbonyl (C=O) groups is 1. The van der Waals surface area contributed by atoms with Crippen LogP contribution in [0.15, 0.2) is 0 Å². The number of rotatable bonds is 11. The molecule has 0 aliphatic heterocycles. The fraction of sp³-hybridized carbons (Fsp3) is 0.812. The third-order valence-corrected chi connectivity index (χ3v) is 5.14. The minimum Gasteiger partial charge on any atom is -0.292 e. The fourth-order valence-electron chi connectivity index (χ4n) is 2.45. The molecule has 1 aromatic rings. The van der Waals surface area contributed by atoms with Crippen molar-refractivity contribution in [3.63, 3.8) is 0 Å². The molecule has 1 unspecified atom stereocenters. The van der Waals surface area contributed by atoms with Gasteiger partial charge in [0.1, 0.15) is 3.70 Å². The largest absolute Gasteiger partial charge is 0.292 e. The summed E-state index contributed by atoms with van der Waals surface area (Å²) in [6.07, 6.45) is 11.4. The maximum absolute atomic E-state index is 12.3. The second kappa shape index (κ2) is 10.3. The molecule has 0 aliphatic rings. The van der Waals surface area contributed by atoms with Crippen molar-refractivity contribution in [2.45, 2.75) is 71.6 Å². The minimum atomic E-state index is 0.0512. The molecule has 120 valence electrons. The summed E-state index contributed by atoms with van der Waals surface area (Å²) < 4.78 is 2.48. The maximum Gasteiger partial charge on any atom is 0.188 e. The molecule has 0 saturated carbocycles. The lowest BCUT2D eigenvalue weighted by molar-refractivity contribution is 0.0916. The summed E-state index contributed by atoms with van der Waals surface area (Å²) in [6, 6.07) is 0. The summed E-state index contributed by atoms with van der Waals surface area (Å²) in [5.74, 6) is 0.186. The van der Waals surface area contributed by atoms with Gasteiger partial charge in [-0.15, -0.1) is 5.10 Å². The number of carbonyl (C=O) groups excluding carboxylic acids is 1. The van der Waals surface area contributed by atoms with Crippen LogP contribution in [-0.2, 0) is 7.05 Å². The topological polar surface area (TPSA) is 47.8 Å². The molecule has 0 aromatic carbocycles. The van der Waals surface area contributed by atoms with Gasteiger partial charge in [0.25, 0.3) is 0 Å². The van der Waals surface area contributed by atoms with Crippen LogP contribution < -0.4 is 0 Å². The smallest absolute Gasteiger partial charge is 0.188 e. The zero-order valence-electron chi connectivity index (χ0n) is 13.6. The van der Waals surface area contributed by atoms with E-state index in [1.165, 1.54) is 44.9 Å². The molecule has 4 nitrogen and oxygen atoms in total. The number of nitrogens with zero attached hydrogens (tertiary/aromatic N) is 3. The molecule has 1 aromatic heterocycles. The number of Topliss-reactive ketones (excluding diaryl/α,β-unsaturated/α-hetero) is 1. The van der Waals surface area contributed by atoms with Crippen molar-refractivity contribution in [2.24, 2.45) is 13.0 Å². The molecule has 21 heavy (non-hydrogen) atoms. The Hall–Kier alpha value is -0.460. The summed E-state index contributed by atoms with van der Waals surface area (Å²) in [5.41, 5.74) is 0.533. The SMILES string of the molecule is CCCCCCCCCCC(C)C(=O)c1nnn(C)c1I. The van der Waals surface area contributed by atoms with Gasteiger partial charge in [-0.05, 0) is 29.0 Å². The van der Waals surface area contributed by atoms with Crippen molar-refractivity contribution in [1.82, 2.24) is 15.0 Å². The van der Waals surface area contributed by atoms with E-state index >= 15 is 0 Å².